The van der Waals surface area contributed by atoms with E-state index in [1.807, 2.05) is 17.5 Å². The molecule has 2 heterocycles. The molecule has 0 bridgehead atoms. The van der Waals surface area contributed by atoms with E-state index in [4.69, 9.17) is 17.3 Å². The van der Waals surface area contributed by atoms with Crippen LogP contribution in [-0.2, 0) is 6.54 Å². The monoisotopic (exact) mass is 308 g/mol. The largest absolute Gasteiger partial charge is 0.375 e. The first-order valence-electron chi connectivity index (χ1n) is 6.63. The smallest absolute Gasteiger partial charge is 0.180 e. The topological polar surface area (TPSA) is 45.4 Å². The summed E-state index contributed by atoms with van der Waals surface area (Å²) in [6.07, 6.45) is 0. The quantitative estimate of drug-likeness (QED) is 0.947. The van der Waals surface area contributed by atoms with Gasteiger partial charge >= 0.3 is 0 Å². The summed E-state index contributed by atoms with van der Waals surface area (Å²) in [6, 6.07) is 8.06. The molecule has 1 saturated heterocycles. The van der Waals surface area contributed by atoms with Crippen LogP contribution in [0.5, 0.6) is 0 Å². The lowest BCUT2D eigenvalue weighted by Gasteiger charge is -2.35. The van der Waals surface area contributed by atoms with Gasteiger partial charge in [0.15, 0.2) is 5.13 Å². The maximum Gasteiger partial charge on any atom is 0.180 e. The van der Waals surface area contributed by atoms with Crippen LogP contribution < -0.4 is 10.6 Å². The molecule has 106 valence electrons. The number of piperazine rings is 1. The average molecular weight is 309 g/mol. The van der Waals surface area contributed by atoms with Gasteiger partial charge in [-0.3, -0.25) is 4.90 Å². The number of hydrogen-bond acceptors (Lipinski definition) is 5. The molecule has 2 N–H and O–H groups in total. The molecule has 0 atom stereocenters. The second kappa shape index (κ2) is 5.99. The second-order valence-electron chi connectivity index (χ2n) is 4.92. The molecule has 0 radical (unpaired) electrons. The lowest BCUT2D eigenvalue weighted by atomic mass is 10.2. The van der Waals surface area contributed by atoms with Crippen molar-refractivity contribution in [1.82, 2.24) is 9.88 Å². The number of anilines is 2. The fourth-order valence-corrected chi connectivity index (χ4v) is 3.12. The lowest BCUT2D eigenvalue weighted by Crippen LogP contribution is -2.46. The van der Waals surface area contributed by atoms with Crippen molar-refractivity contribution in [2.24, 2.45) is 0 Å². The maximum atomic E-state index is 5.92. The Morgan fingerprint density at radius 1 is 1.15 bits per heavy atom. The van der Waals surface area contributed by atoms with Gasteiger partial charge in [0.05, 0.1) is 5.69 Å². The third kappa shape index (κ3) is 3.23. The standard InChI is InChI=1S/C14H17ClN4S/c15-11-1-3-13(4-2-11)19-7-5-18(6-8-19)9-12-10-20-14(16)17-12/h1-4,10H,5-9H2,(H2,16,17). The molecule has 0 saturated carbocycles. The first-order valence-corrected chi connectivity index (χ1v) is 7.89. The van der Waals surface area contributed by atoms with E-state index in [-0.39, 0.29) is 0 Å². The molecule has 0 aliphatic carbocycles. The Morgan fingerprint density at radius 3 is 2.45 bits per heavy atom. The van der Waals surface area contributed by atoms with Crippen molar-refractivity contribution in [3.8, 4) is 0 Å². The van der Waals surface area contributed by atoms with Gasteiger partial charge in [0.2, 0.25) is 0 Å². The van der Waals surface area contributed by atoms with Crippen LogP contribution in [0.3, 0.4) is 0 Å². The Labute approximate surface area is 127 Å². The Hall–Kier alpha value is -1.30. The molecule has 1 aromatic carbocycles. The fourth-order valence-electron chi connectivity index (χ4n) is 2.44. The number of nitrogen functional groups attached to an aromatic ring is 1. The van der Waals surface area contributed by atoms with Crippen LogP contribution in [0.25, 0.3) is 0 Å². The normalized spacial score (nSPS) is 16.6. The van der Waals surface area contributed by atoms with Crippen LogP contribution in [-0.4, -0.2) is 36.1 Å². The van der Waals surface area contributed by atoms with Crippen molar-refractivity contribution in [1.29, 1.82) is 0 Å². The summed E-state index contributed by atoms with van der Waals surface area (Å²) in [6.45, 7) is 5.03. The van der Waals surface area contributed by atoms with Crippen LogP contribution in [0.1, 0.15) is 5.69 Å². The molecule has 1 aliphatic rings. The summed E-state index contributed by atoms with van der Waals surface area (Å²) in [5.74, 6) is 0. The highest BCUT2D eigenvalue weighted by Gasteiger charge is 2.17. The fraction of sp³-hybridized carbons (Fsp3) is 0.357. The Kier molecular flexibility index (Phi) is 4.10. The van der Waals surface area contributed by atoms with Crippen LogP contribution in [0, 0.1) is 0 Å². The molecule has 2 aromatic rings. The number of rotatable bonds is 3. The van der Waals surface area contributed by atoms with Gasteiger partial charge in [0, 0.05) is 48.8 Å². The summed E-state index contributed by atoms with van der Waals surface area (Å²) in [5.41, 5.74) is 7.98. The predicted octanol–water partition coefficient (Wildman–Crippen LogP) is 2.70. The second-order valence-corrected chi connectivity index (χ2v) is 6.24. The van der Waals surface area contributed by atoms with Gasteiger partial charge in [-0.2, -0.15) is 0 Å². The third-order valence-electron chi connectivity index (χ3n) is 3.52. The van der Waals surface area contributed by atoms with Crippen molar-refractivity contribution in [3.05, 3.63) is 40.4 Å². The Morgan fingerprint density at radius 2 is 1.85 bits per heavy atom. The van der Waals surface area contributed by atoms with E-state index in [9.17, 15) is 0 Å². The van der Waals surface area contributed by atoms with Crippen LogP contribution in [0.2, 0.25) is 5.02 Å². The van der Waals surface area contributed by atoms with Crippen molar-refractivity contribution in [2.45, 2.75) is 6.54 Å². The molecule has 1 fully saturated rings. The summed E-state index contributed by atoms with van der Waals surface area (Å²) in [5, 5.41) is 3.48. The highest BCUT2D eigenvalue weighted by molar-refractivity contribution is 7.13. The van der Waals surface area contributed by atoms with E-state index in [0.29, 0.717) is 5.13 Å². The van der Waals surface area contributed by atoms with Gasteiger partial charge in [-0.25, -0.2) is 4.98 Å². The molecule has 20 heavy (non-hydrogen) atoms. The first-order chi connectivity index (χ1) is 9.70. The van der Waals surface area contributed by atoms with Crippen LogP contribution in [0.15, 0.2) is 29.6 Å². The van der Waals surface area contributed by atoms with Gasteiger partial charge < -0.3 is 10.6 Å². The minimum Gasteiger partial charge on any atom is -0.375 e. The number of benzene rings is 1. The van der Waals surface area contributed by atoms with Crippen LogP contribution in [0.4, 0.5) is 10.8 Å². The summed E-state index contributed by atoms with van der Waals surface area (Å²) < 4.78 is 0. The number of nitrogens with two attached hydrogens (primary N) is 1. The molecule has 0 unspecified atom stereocenters. The zero-order valence-electron chi connectivity index (χ0n) is 11.1. The van der Waals surface area contributed by atoms with E-state index >= 15 is 0 Å². The van der Waals surface area contributed by atoms with E-state index in [2.05, 4.69) is 26.9 Å². The minimum atomic E-state index is 0.653. The molecule has 0 spiro atoms. The number of hydrogen-bond donors (Lipinski definition) is 1. The van der Waals surface area contributed by atoms with E-state index in [0.717, 1.165) is 43.4 Å². The molecule has 3 rings (SSSR count). The zero-order chi connectivity index (χ0) is 13.9. The summed E-state index contributed by atoms with van der Waals surface area (Å²) in [7, 11) is 0. The van der Waals surface area contributed by atoms with Crippen LogP contribution >= 0.6 is 22.9 Å². The molecular weight excluding hydrogens is 292 g/mol. The molecule has 0 amide bonds. The first kappa shape index (κ1) is 13.7. The average Bonchev–Trinajstić information content (AvgIpc) is 2.86. The highest BCUT2D eigenvalue weighted by Crippen LogP contribution is 2.20. The molecule has 4 nitrogen and oxygen atoms in total. The summed E-state index contributed by atoms with van der Waals surface area (Å²) in [4.78, 5) is 9.13. The third-order valence-corrected chi connectivity index (χ3v) is 4.49. The predicted molar refractivity (Wildman–Crippen MR) is 85.5 cm³/mol. The van der Waals surface area contributed by atoms with Gasteiger partial charge in [-0.05, 0) is 24.3 Å². The van der Waals surface area contributed by atoms with Crippen molar-refractivity contribution in [3.63, 3.8) is 0 Å². The zero-order valence-corrected chi connectivity index (χ0v) is 12.7. The van der Waals surface area contributed by atoms with E-state index in [1.165, 1.54) is 17.0 Å². The van der Waals surface area contributed by atoms with Crippen molar-refractivity contribution < 1.29 is 0 Å². The number of nitrogens with zero attached hydrogens (tertiary/aromatic N) is 3. The van der Waals surface area contributed by atoms with E-state index < -0.39 is 0 Å². The minimum absolute atomic E-state index is 0.653. The van der Waals surface area contributed by atoms with Gasteiger partial charge in [0.1, 0.15) is 0 Å². The van der Waals surface area contributed by atoms with E-state index in [1.54, 1.807) is 0 Å². The van der Waals surface area contributed by atoms with Crippen molar-refractivity contribution >= 4 is 33.8 Å². The Balaban J connectivity index is 1.55. The number of thiazole rings is 1. The lowest BCUT2D eigenvalue weighted by molar-refractivity contribution is 0.247. The maximum absolute atomic E-state index is 5.92. The van der Waals surface area contributed by atoms with Gasteiger partial charge in [-0.15, -0.1) is 11.3 Å². The highest BCUT2D eigenvalue weighted by atomic mass is 35.5. The molecule has 6 heteroatoms. The summed E-state index contributed by atoms with van der Waals surface area (Å²) >= 11 is 7.43. The molecular formula is C14H17ClN4S. The molecule has 1 aliphatic heterocycles. The van der Waals surface area contributed by atoms with Crippen molar-refractivity contribution in [2.75, 3.05) is 36.8 Å². The molecule has 1 aromatic heterocycles. The Bertz CT molecular complexity index is 561. The number of aromatic nitrogens is 1. The number of halogens is 1. The SMILES string of the molecule is Nc1nc(CN2CCN(c3ccc(Cl)cc3)CC2)cs1. The van der Waals surface area contributed by atoms with Gasteiger partial charge in [0.25, 0.3) is 0 Å². The van der Waals surface area contributed by atoms with Gasteiger partial charge in [-0.1, -0.05) is 11.6 Å².